The molecule has 0 bridgehead atoms. The molecule has 1 aliphatic heterocycles. The number of rotatable bonds is 5. The van der Waals surface area contributed by atoms with E-state index in [1.54, 1.807) is 12.3 Å². The summed E-state index contributed by atoms with van der Waals surface area (Å²) in [6.45, 7) is 0.0389. The van der Waals surface area contributed by atoms with Gasteiger partial charge in [-0.2, -0.15) is 0 Å². The third kappa shape index (κ3) is 3.39. The molecule has 0 aliphatic carbocycles. The van der Waals surface area contributed by atoms with Gasteiger partial charge in [0.05, 0.1) is 21.6 Å². The van der Waals surface area contributed by atoms with Gasteiger partial charge in [-0.05, 0) is 36.4 Å². The minimum atomic E-state index is -0.657. The Balaban J connectivity index is 1.64. The first-order valence-corrected chi connectivity index (χ1v) is 8.98. The van der Waals surface area contributed by atoms with Gasteiger partial charge in [-0.15, -0.1) is 0 Å². The molecule has 2 aromatic carbocycles. The van der Waals surface area contributed by atoms with Gasteiger partial charge >= 0.3 is 0 Å². The van der Waals surface area contributed by atoms with Crippen molar-refractivity contribution in [2.75, 3.05) is 5.32 Å². The number of imidazole rings is 1. The van der Waals surface area contributed by atoms with Crippen LogP contribution >= 0.6 is 11.6 Å². The Kier molecular flexibility index (Phi) is 4.67. The molecule has 0 atom stereocenters. The molecule has 1 aromatic heterocycles. The SMILES string of the molecule is NC(=O)c1cc(NC(=O)Cn2c(C3=CCC=N3)nc3ccccc32)ccc1Cl. The monoisotopic (exact) mass is 393 g/mol. The molecule has 0 saturated carbocycles. The number of primary amides is 1. The molecule has 0 fully saturated rings. The fraction of sp³-hybridized carbons (Fsp3) is 0.100. The Morgan fingerprint density at radius 2 is 2.04 bits per heavy atom. The molecule has 8 heteroatoms. The largest absolute Gasteiger partial charge is 0.366 e. The van der Waals surface area contributed by atoms with Gasteiger partial charge in [0.25, 0.3) is 0 Å². The van der Waals surface area contributed by atoms with Crippen molar-refractivity contribution in [1.82, 2.24) is 9.55 Å². The number of nitrogens with zero attached hydrogens (tertiary/aromatic N) is 3. The summed E-state index contributed by atoms with van der Waals surface area (Å²) in [6, 6.07) is 12.2. The van der Waals surface area contributed by atoms with E-state index < -0.39 is 5.91 Å². The van der Waals surface area contributed by atoms with E-state index in [1.807, 2.05) is 34.9 Å². The van der Waals surface area contributed by atoms with Crippen molar-refractivity contribution in [3.05, 3.63) is 65.0 Å². The van der Waals surface area contributed by atoms with Gasteiger partial charge in [0.2, 0.25) is 11.8 Å². The summed E-state index contributed by atoms with van der Waals surface area (Å²) in [5.41, 5.74) is 8.26. The minimum absolute atomic E-state index is 0.0389. The van der Waals surface area contributed by atoms with Crippen LogP contribution in [0.4, 0.5) is 5.69 Å². The number of carbonyl (C=O) groups excluding carboxylic acids is 2. The summed E-state index contributed by atoms with van der Waals surface area (Å²) in [5, 5.41) is 3.01. The number of benzene rings is 2. The predicted molar refractivity (Wildman–Crippen MR) is 109 cm³/mol. The maximum Gasteiger partial charge on any atom is 0.250 e. The van der Waals surface area contributed by atoms with E-state index in [2.05, 4.69) is 15.3 Å². The number of aliphatic imine (C=N–C) groups is 1. The van der Waals surface area contributed by atoms with Crippen molar-refractivity contribution in [3.63, 3.8) is 0 Å². The van der Waals surface area contributed by atoms with Gasteiger partial charge in [-0.1, -0.05) is 23.7 Å². The Bertz CT molecular complexity index is 1160. The lowest BCUT2D eigenvalue weighted by molar-refractivity contribution is -0.116. The number of allylic oxidation sites excluding steroid dienone is 1. The van der Waals surface area contributed by atoms with E-state index in [-0.39, 0.29) is 23.0 Å². The van der Waals surface area contributed by atoms with Crippen molar-refractivity contribution in [1.29, 1.82) is 0 Å². The normalized spacial score (nSPS) is 13.0. The van der Waals surface area contributed by atoms with Crippen LogP contribution in [0.2, 0.25) is 5.02 Å². The van der Waals surface area contributed by atoms with Crippen molar-refractivity contribution < 1.29 is 9.59 Å². The number of hydrogen-bond donors (Lipinski definition) is 2. The first-order valence-electron chi connectivity index (χ1n) is 8.60. The predicted octanol–water partition coefficient (Wildman–Crippen LogP) is 3.24. The molecule has 0 unspecified atom stereocenters. The van der Waals surface area contributed by atoms with Gasteiger partial charge in [0.15, 0.2) is 5.82 Å². The third-order valence-corrected chi connectivity index (χ3v) is 4.68. The van der Waals surface area contributed by atoms with Gasteiger partial charge in [-0.3, -0.25) is 14.6 Å². The van der Waals surface area contributed by atoms with Crippen LogP contribution < -0.4 is 11.1 Å². The summed E-state index contributed by atoms with van der Waals surface area (Å²) in [4.78, 5) is 33.1. The molecule has 1 aliphatic rings. The second-order valence-corrected chi connectivity index (χ2v) is 6.66. The number of amides is 2. The fourth-order valence-corrected chi connectivity index (χ4v) is 3.29. The van der Waals surface area contributed by atoms with Crippen molar-refractivity contribution >= 4 is 52.0 Å². The second kappa shape index (κ2) is 7.28. The number of aromatic nitrogens is 2. The maximum absolute atomic E-state index is 12.7. The lowest BCUT2D eigenvalue weighted by Crippen LogP contribution is -2.20. The summed E-state index contributed by atoms with van der Waals surface area (Å²) in [7, 11) is 0. The Morgan fingerprint density at radius 1 is 1.21 bits per heavy atom. The maximum atomic E-state index is 12.7. The number of nitrogens with one attached hydrogen (secondary N) is 1. The molecule has 0 saturated heterocycles. The standard InChI is InChI=1S/C20H16ClN5O2/c21-14-8-7-12(10-13(14)19(22)28)24-18(27)11-26-17-6-2-1-4-15(17)25-20(26)16-5-3-9-23-16/h1-2,4-10H,3,11H2,(H2,22,28)(H,24,27). The Hall–Kier alpha value is -3.45. The highest BCUT2D eigenvalue weighted by Crippen LogP contribution is 2.25. The first kappa shape index (κ1) is 17.9. The van der Waals surface area contributed by atoms with Crippen LogP contribution in [0.25, 0.3) is 16.7 Å². The number of anilines is 1. The molecule has 0 spiro atoms. The number of carbonyl (C=O) groups is 2. The van der Waals surface area contributed by atoms with Crippen LogP contribution in [0.3, 0.4) is 0 Å². The molecule has 4 rings (SSSR count). The fourth-order valence-electron chi connectivity index (χ4n) is 3.08. The van der Waals surface area contributed by atoms with Crippen LogP contribution in [0, 0.1) is 0 Å². The van der Waals surface area contributed by atoms with Crippen LogP contribution in [0.5, 0.6) is 0 Å². The summed E-state index contributed by atoms with van der Waals surface area (Å²) < 4.78 is 1.82. The average Bonchev–Trinajstić information content (AvgIpc) is 3.31. The topological polar surface area (TPSA) is 102 Å². The highest BCUT2D eigenvalue weighted by Gasteiger charge is 2.18. The molecule has 0 radical (unpaired) electrons. The zero-order valence-corrected chi connectivity index (χ0v) is 15.5. The lowest BCUT2D eigenvalue weighted by atomic mass is 10.2. The zero-order valence-electron chi connectivity index (χ0n) is 14.7. The number of para-hydroxylation sites is 2. The van der Waals surface area contributed by atoms with E-state index in [0.29, 0.717) is 11.5 Å². The smallest absolute Gasteiger partial charge is 0.250 e. The van der Waals surface area contributed by atoms with Crippen molar-refractivity contribution in [2.24, 2.45) is 10.7 Å². The average molecular weight is 394 g/mol. The highest BCUT2D eigenvalue weighted by atomic mass is 35.5. The van der Waals surface area contributed by atoms with Crippen LogP contribution in [-0.2, 0) is 11.3 Å². The molecule has 2 heterocycles. The molecule has 140 valence electrons. The summed E-state index contributed by atoms with van der Waals surface area (Å²) in [5.74, 6) is -0.293. The van der Waals surface area contributed by atoms with E-state index >= 15 is 0 Å². The lowest BCUT2D eigenvalue weighted by Gasteiger charge is -2.11. The molecule has 28 heavy (non-hydrogen) atoms. The van der Waals surface area contributed by atoms with Crippen molar-refractivity contribution in [2.45, 2.75) is 13.0 Å². The quantitative estimate of drug-likeness (QED) is 0.695. The molecular formula is C20H16ClN5O2. The number of fused-ring (bicyclic) bond motifs is 1. The van der Waals surface area contributed by atoms with E-state index in [9.17, 15) is 9.59 Å². The van der Waals surface area contributed by atoms with Gasteiger partial charge in [0, 0.05) is 18.3 Å². The second-order valence-electron chi connectivity index (χ2n) is 6.25. The number of halogens is 1. The van der Waals surface area contributed by atoms with Crippen molar-refractivity contribution in [3.8, 4) is 0 Å². The Morgan fingerprint density at radius 3 is 2.79 bits per heavy atom. The van der Waals surface area contributed by atoms with Gasteiger partial charge in [-0.25, -0.2) is 4.98 Å². The first-order chi connectivity index (χ1) is 13.5. The molecular weight excluding hydrogens is 378 g/mol. The van der Waals surface area contributed by atoms with E-state index in [1.165, 1.54) is 12.1 Å². The molecule has 2 amide bonds. The molecule has 3 N–H and O–H groups in total. The van der Waals surface area contributed by atoms with Gasteiger partial charge < -0.3 is 15.6 Å². The number of hydrogen-bond acceptors (Lipinski definition) is 4. The minimum Gasteiger partial charge on any atom is -0.366 e. The zero-order chi connectivity index (χ0) is 19.7. The van der Waals surface area contributed by atoms with Gasteiger partial charge in [0.1, 0.15) is 12.2 Å². The third-order valence-electron chi connectivity index (χ3n) is 4.35. The van der Waals surface area contributed by atoms with Crippen LogP contribution in [0.1, 0.15) is 22.6 Å². The Labute approximate surface area is 165 Å². The number of nitrogens with two attached hydrogens (primary N) is 1. The van der Waals surface area contributed by atoms with Crippen LogP contribution in [-0.4, -0.2) is 27.6 Å². The molecule has 3 aromatic rings. The summed E-state index contributed by atoms with van der Waals surface area (Å²) in [6.07, 6.45) is 4.51. The van der Waals surface area contributed by atoms with Crippen LogP contribution in [0.15, 0.2) is 53.5 Å². The summed E-state index contributed by atoms with van der Waals surface area (Å²) >= 11 is 5.96. The molecule has 7 nitrogen and oxygen atoms in total. The highest BCUT2D eigenvalue weighted by molar-refractivity contribution is 6.34. The van der Waals surface area contributed by atoms with E-state index in [0.717, 1.165) is 23.2 Å². The van der Waals surface area contributed by atoms with E-state index in [4.69, 9.17) is 17.3 Å².